The molecular formula is C26H39N5O8S. The number of likely N-dealkylation sites (N-methyl/N-ethyl adjacent to an activating group) is 1. The molecule has 0 aromatic heterocycles. The summed E-state index contributed by atoms with van der Waals surface area (Å²) in [6, 6.07) is 4.44. The van der Waals surface area contributed by atoms with Crippen LogP contribution in [0.25, 0.3) is 0 Å². The standard InChI is InChI=1S/C26H39N5O8S/c1-24(2,3)38-22(33)30-14-12-29(13-15-30)18-16-17(10-11-19(18)40(9,36)37)20-26(7,21(32)28(8)27-20)31(35)23(34)39-25(4,5)6/h10-11,16,35H,12-15H2,1-9H3. The van der Waals surface area contributed by atoms with Gasteiger partial charge in [0.1, 0.15) is 16.9 Å². The highest BCUT2D eigenvalue weighted by molar-refractivity contribution is 7.90. The molecule has 14 heteroatoms. The molecule has 1 atom stereocenters. The molecule has 3 amide bonds. The number of hydrogen-bond acceptors (Lipinski definition) is 10. The van der Waals surface area contributed by atoms with Gasteiger partial charge in [-0.3, -0.25) is 10.0 Å². The first kappa shape index (κ1) is 31.1. The number of carbonyl (C=O) groups is 3. The monoisotopic (exact) mass is 581 g/mol. The van der Waals surface area contributed by atoms with Crippen LogP contribution in [0.5, 0.6) is 0 Å². The fourth-order valence-electron chi connectivity index (χ4n) is 4.41. The van der Waals surface area contributed by atoms with Crippen LogP contribution in [0.15, 0.2) is 28.2 Å². The number of sulfone groups is 1. The van der Waals surface area contributed by atoms with Crippen molar-refractivity contribution in [3.8, 4) is 0 Å². The maximum absolute atomic E-state index is 13.2. The number of nitrogens with zero attached hydrogens (tertiary/aromatic N) is 5. The lowest BCUT2D eigenvalue weighted by Gasteiger charge is -2.37. The highest BCUT2D eigenvalue weighted by Gasteiger charge is 2.54. The summed E-state index contributed by atoms with van der Waals surface area (Å²) >= 11 is 0. The summed E-state index contributed by atoms with van der Waals surface area (Å²) in [6.45, 7) is 12.8. The molecule has 1 fully saturated rings. The predicted octanol–water partition coefficient (Wildman–Crippen LogP) is 2.71. The third-order valence-electron chi connectivity index (χ3n) is 6.32. The Morgan fingerprint density at radius 2 is 1.57 bits per heavy atom. The summed E-state index contributed by atoms with van der Waals surface area (Å²) in [4.78, 5) is 41.9. The molecule has 0 aliphatic carbocycles. The van der Waals surface area contributed by atoms with Crippen molar-refractivity contribution in [3.05, 3.63) is 23.8 Å². The van der Waals surface area contributed by atoms with E-state index in [-0.39, 0.29) is 15.7 Å². The molecule has 1 N–H and O–H groups in total. The zero-order chi connectivity index (χ0) is 30.4. The summed E-state index contributed by atoms with van der Waals surface area (Å²) < 4.78 is 36.1. The third-order valence-corrected chi connectivity index (χ3v) is 7.46. The van der Waals surface area contributed by atoms with Crippen LogP contribution >= 0.6 is 0 Å². The van der Waals surface area contributed by atoms with Gasteiger partial charge >= 0.3 is 12.2 Å². The molecule has 1 unspecified atom stereocenters. The van der Waals surface area contributed by atoms with E-state index >= 15 is 0 Å². The quantitative estimate of drug-likeness (QED) is 0.418. The minimum absolute atomic E-state index is 0.0297. The molecule has 2 aliphatic heterocycles. The minimum atomic E-state index is -3.68. The smallest absolute Gasteiger partial charge is 0.435 e. The van der Waals surface area contributed by atoms with Crippen molar-refractivity contribution in [2.75, 3.05) is 44.4 Å². The fraction of sp³-hybridized carbons (Fsp3) is 0.615. The average molecular weight is 582 g/mol. The van der Waals surface area contributed by atoms with Crippen molar-refractivity contribution >= 4 is 39.3 Å². The average Bonchev–Trinajstić information content (AvgIpc) is 3.05. The number of carbonyl (C=O) groups excluding carboxylic acids is 3. The number of anilines is 1. The van der Waals surface area contributed by atoms with Crippen LogP contribution in [0, 0.1) is 0 Å². The van der Waals surface area contributed by atoms with Crippen molar-refractivity contribution < 1.29 is 37.5 Å². The molecule has 13 nitrogen and oxygen atoms in total. The second kappa shape index (κ2) is 10.5. The van der Waals surface area contributed by atoms with Crippen molar-refractivity contribution in [3.63, 3.8) is 0 Å². The molecule has 222 valence electrons. The lowest BCUT2D eigenvalue weighted by molar-refractivity contribution is -0.161. The van der Waals surface area contributed by atoms with Crippen LogP contribution in [0.3, 0.4) is 0 Å². The van der Waals surface area contributed by atoms with Crippen molar-refractivity contribution in [2.24, 2.45) is 5.10 Å². The van der Waals surface area contributed by atoms with Crippen LogP contribution in [0.2, 0.25) is 0 Å². The van der Waals surface area contributed by atoms with Gasteiger partial charge in [0.25, 0.3) is 5.91 Å². The zero-order valence-electron chi connectivity index (χ0n) is 24.5. The Morgan fingerprint density at radius 1 is 1.02 bits per heavy atom. The van der Waals surface area contributed by atoms with Gasteiger partial charge in [0.15, 0.2) is 15.4 Å². The normalized spacial score (nSPS) is 20.4. The first-order valence-electron chi connectivity index (χ1n) is 12.8. The predicted molar refractivity (Wildman–Crippen MR) is 147 cm³/mol. The van der Waals surface area contributed by atoms with E-state index in [0.29, 0.717) is 37.4 Å². The van der Waals surface area contributed by atoms with Gasteiger partial charge in [0.2, 0.25) is 0 Å². The third kappa shape index (κ3) is 6.49. The number of hydrogen-bond donors (Lipinski definition) is 1. The second-order valence-electron chi connectivity index (χ2n) is 12.1. The van der Waals surface area contributed by atoms with E-state index in [1.54, 1.807) is 52.5 Å². The Bertz CT molecular complexity index is 1320. The number of hydroxylamine groups is 2. The topological polar surface area (TPSA) is 149 Å². The van der Waals surface area contributed by atoms with Gasteiger partial charge in [-0.1, -0.05) is 6.07 Å². The van der Waals surface area contributed by atoms with Crippen LogP contribution in [0.1, 0.15) is 54.0 Å². The maximum atomic E-state index is 13.2. The highest BCUT2D eigenvalue weighted by atomic mass is 32.2. The molecule has 0 spiro atoms. The highest BCUT2D eigenvalue weighted by Crippen LogP contribution is 2.34. The molecule has 0 saturated carbocycles. The zero-order valence-corrected chi connectivity index (χ0v) is 25.3. The Labute approximate surface area is 235 Å². The molecule has 1 saturated heterocycles. The summed E-state index contributed by atoms with van der Waals surface area (Å²) in [7, 11) is -2.29. The molecule has 40 heavy (non-hydrogen) atoms. The molecular weight excluding hydrogens is 542 g/mol. The van der Waals surface area contributed by atoms with Crippen molar-refractivity contribution in [1.29, 1.82) is 0 Å². The maximum Gasteiger partial charge on any atom is 0.435 e. The number of amides is 3. The molecule has 0 bridgehead atoms. The Hall–Kier alpha value is -3.39. The van der Waals surface area contributed by atoms with Gasteiger partial charge in [-0.05, 0) is 60.6 Å². The van der Waals surface area contributed by atoms with E-state index in [2.05, 4.69) is 5.10 Å². The molecule has 1 aromatic rings. The number of benzene rings is 1. The summed E-state index contributed by atoms with van der Waals surface area (Å²) in [5.41, 5.74) is -2.84. The molecule has 2 aliphatic rings. The first-order valence-corrected chi connectivity index (χ1v) is 14.7. The fourth-order valence-corrected chi connectivity index (χ4v) is 5.29. The van der Waals surface area contributed by atoms with Crippen molar-refractivity contribution in [1.82, 2.24) is 15.0 Å². The largest absolute Gasteiger partial charge is 0.444 e. The molecule has 1 aromatic carbocycles. The Morgan fingerprint density at radius 3 is 2.08 bits per heavy atom. The van der Waals surface area contributed by atoms with E-state index in [1.165, 1.54) is 26.1 Å². The Balaban J connectivity index is 1.99. The van der Waals surface area contributed by atoms with Gasteiger partial charge in [-0.15, -0.1) is 0 Å². The van der Waals surface area contributed by atoms with Crippen LogP contribution in [-0.4, -0.2) is 109 Å². The molecule has 0 radical (unpaired) electrons. The Kier molecular flexibility index (Phi) is 8.21. The lowest BCUT2D eigenvalue weighted by atomic mass is 9.89. The first-order chi connectivity index (χ1) is 18.1. The van der Waals surface area contributed by atoms with Crippen LogP contribution in [0.4, 0.5) is 15.3 Å². The number of rotatable bonds is 4. The van der Waals surface area contributed by atoms with Gasteiger partial charge in [-0.2, -0.15) is 10.2 Å². The summed E-state index contributed by atoms with van der Waals surface area (Å²) in [6.07, 6.45) is -0.501. The van der Waals surface area contributed by atoms with Gasteiger partial charge < -0.3 is 19.3 Å². The summed E-state index contributed by atoms with van der Waals surface area (Å²) in [5, 5.41) is 16.4. The van der Waals surface area contributed by atoms with Gasteiger partial charge in [-0.25, -0.2) is 23.0 Å². The lowest BCUT2D eigenvalue weighted by Crippen LogP contribution is -2.59. The van der Waals surface area contributed by atoms with Gasteiger partial charge in [0.05, 0.1) is 10.6 Å². The van der Waals surface area contributed by atoms with E-state index in [1.807, 2.05) is 4.90 Å². The molecule has 2 heterocycles. The van der Waals surface area contributed by atoms with E-state index in [9.17, 15) is 28.0 Å². The summed E-state index contributed by atoms with van der Waals surface area (Å²) in [5.74, 6) is -0.685. The number of ether oxygens (including phenoxy) is 2. The second-order valence-corrected chi connectivity index (χ2v) is 14.0. The SMILES string of the molecule is CN1N=C(c2ccc(S(C)(=O)=O)c(N3CCN(C(=O)OC(C)(C)C)CC3)c2)C(C)(N(O)C(=O)OC(C)(C)C)C1=O. The van der Waals surface area contributed by atoms with Crippen LogP contribution in [-0.2, 0) is 24.1 Å². The van der Waals surface area contributed by atoms with E-state index in [4.69, 9.17) is 9.47 Å². The van der Waals surface area contributed by atoms with Crippen molar-refractivity contribution in [2.45, 2.75) is 70.1 Å². The van der Waals surface area contributed by atoms with E-state index in [0.717, 1.165) is 11.3 Å². The van der Waals surface area contributed by atoms with Gasteiger partial charge in [0, 0.05) is 45.0 Å². The number of hydrazone groups is 1. The number of piperazine rings is 1. The van der Waals surface area contributed by atoms with E-state index < -0.39 is 44.7 Å². The van der Waals surface area contributed by atoms with Crippen LogP contribution < -0.4 is 4.90 Å². The minimum Gasteiger partial charge on any atom is -0.444 e. The molecule has 3 rings (SSSR count).